The lowest BCUT2D eigenvalue weighted by atomic mass is 10.1. The maximum Gasteiger partial charge on any atom is 0.229 e. The fourth-order valence-corrected chi connectivity index (χ4v) is 3.93. The third-order valence-corrected chi connectivity index (χ3v) is 5.26. The van der Waals surface area contributed by atoms with Gasteiger partial charge in [-0.25, -0.2) is 8.42 Å². The summed E-state index contributed by atoms with van der Waals surface area (Å²) in [5.74, 6) is 1.37. The van der Waals surface area contributed by atoms with Crippen LogP contribution in [0.5, 0.6) is 11.5 Å². The van der Waals surface area contributed by atoms with Gasteiger partial charge in [0.25, 0.3) is 0 Å². The first kappa shape index (κ1) is 19.1. The van der Waals surface area contributed by atoms with Gasteiger partial charge in [0, 0.05) is 10.9 Å². The zero-order chi connectivity index (χ0) is 20.4. The second kappa shape index (κ2) is 7.64. The van der Waals surface area contributed by atoms with E-state index < -0.39 is 10.0 Å². The van der Waals surface area contributed by atoms with Crippen molar-refractivity contribution in [2.45, 2.75) is 6.61 Å². The summed E-state index contributed by atoms with van der Waals surface area (Å²) < 4.78 is 37.2. The maximum absolute atomic E-state index is 11.5. The topological polar surface area (TPSA) is 64.6 Å². The van der Waals surface area contributed by atoms with E-state index in [9.17, 15) is 8.42 Å². The minimum atomic E-state index is -3.34. The number of hydrogen-bond donors (Lipinski definition) is 1. The highest BCUT2D eigenvalue weighted by Crippen LogP contribution is 2.25. The Kier molecular flexibility index (Phi) is 5.03. The van der Waals surface area contributed by atoms with Gasteiger partial charge in [-0.3, -0.25) is 4.72 Å². The molecule has 6 heteroatoms. The normalized spacial score (nSPS) is 13.4. The van der Waals surface area contributed by atoms with E-state index in [0.717, 1.165) is 33.4 Å². The van der Waals surface area contributed by atoms with Gasteiger partial charge in [0.2, 0.25) is 10.0 Å². The first-order chi connectivity index (χ1) is 13.9. The van der Waals surface area contributed by atoms with Crippen LogP contribution in [0.3, 0.4) is 0 Å². The second-order valence-electron chi connectivity index (χ2n) is 6.88. The quantitative estimate of drug-likeness (QED) is 0.722. The molecule has 1 aliphatic heterocycles. The lowest BCUT2D eigenvalue weighted by Crippen LogP contribution is -2.26. The highest BCUT2D eigenvalue weighted by atomic mass is 32.2. The Balaban J connectivity index is 1.91. The molecule has 148 valence electrons. The minimum absolute atomic E-state index is 0.466. The van der Waals surface area contributed by atoms with Crippen molar-refractivity contribution in [2.75, 3.05) is 18.1 Å². The molecule has 0 amide bonds. The summed E-state index contributed by atoms with van der Waals surface area (Å²) in [4.78, 5) is 0. The summed E-state index contributed by atoms with van der Waals surface area (Å²) >= 11 is 0. The molecule has 0 fully saturated rings. The second-order valence-corrected chi connectivity index (χ2v) is 8.62. The van der Waals surface area contributed by atoms with Crippen molar-refractivity contribution in [1.29, 1.82) is 0 Å². The van der Waals surface area contributed by atoms with Crippen LogP contribution < -0.4 is 24.6 Å². The number of sulfonamides is 1. The molecule has 0 saturated carbocycles. The third-order valence-electron chi connectivity index (χ3n) is 4.65. The lowest BCUT2D eigenvalue weighted by Gasteiger charge is -2.10. The molecule has 4 rings (SSSR count). The van der Waals surface area contributed by atoms with Crippen LogP contribution in [0.2, 0.25) is 0 Å². The molecule has 0 spiro atoms. The van der Waals surface area contributed by atoms with Crippen LogP contribution in [0.25, 0.3) is 12.2 Å². The van der Waals surface area contributed by atoms with Gasteiger partial charge in [-0.05, 0) is 52.3 Å². The van der Waals surface area contributed by atoms with Crippen LogP contribution in [0, 0.1) is 0 Å². The number of anilines is 1. The monoisotopic (exact) mass is 407 g/mol. The van der Waals surface area contributed by atoms with E-state index in [1.165, 1.54) is 0 Å². The number of rotatable bonds is 4. The zero-order valence-electron chi connectivity index (χ0n) is 16.2. The van der Waals surface area contributed by atoms with Gasteiger partial charge >= 0.3 is 0 Å². The molecule has 0 unspecified atom stereocenters. The van der Waals surface area contributed by atoms with Crippen molar-refractivity contribution in [3.63, 3.8) is 0 Å². The largest absolute Gasteiger partial charge is 0.493 e. The molecular formula is C23H21NO4S. The van der Waals surface area contributed by atoms with E-state index in [1.807, 2.05) is 48.5 Å². The summed E-state index contributed by atoms with van der Waals surface area (Å²) in [6.07, 6.45) is 5.24. The molecule has 1 aliphatic rings. The lowest BCUT2D eigenvalue weighted by molar-refractivity contribution is 0.283. The Bertz CT molecular complexity index is 1300. The summed E-state index contributed by atoms with van der Waals surface area (Å²) in [5.41, 5.74) is 3.60. The third kappa shape index (κ3) is 4.27. The molecule has 1 N–H and O–H groups in total. The van der Waals surface area contributed by atoms with E-state index in [1.54, 1.807) is 19.2 Å². The molecule has 5 nitrogen and oxygen atoms in total. The SMILES string of the molecule is COc1cc/c(=C\c2cccc(NS(C)(=O)=O)c2)c2c1OCc1ccccc1C=2. The van der Waals surface area contributed by atoms with Crippen LogP contribution in [-0.2, 0) is 16.6 Å². The van der Waals surface area contributed by atoms with Crippen molar-refractivity contribution in [2.24, 2.45) is 0 Å². The highest BCUT2D eigenvalue weighted by molar-refractivity contribution is 7.92. The van der Waals surface area contributed by atoms with Gasteiger partial charge in [0.1, 0.15) is 6.61 Å². The average molecular weight is 407 g/mol. The van der Waals surface area contributed by atoms with Crippen molar-refractivity contribution < 1.29 is 17.9 Å². The Morgan fingerprint density at radius 1 is 1.07 bits per heavy atom. The van der Waals surface area contributed by atoms with E-state index in [4.69, 9.17) is 9.47 Å². The number of benzene rings is 3. The predicted octanol–water partition coefficient (Wildman–Crippen LogP) is 2.62. The van der Waals surface area contributed by atoms with E-state index in [-0.39, 0.29) is 0 Å². The molecule has 0 saturated heterocycles. The maximum atomic E-state index is 11.5. The molecular weight excluding hydrogens is 386 g/mol. The smallest absolute Gasteiger partial charge is 0.229 e. The molecule has 1 heterocycles. The van der Waals surface area contributed by atoms with Crippen LogP contribution in [0.4, 0.5) is 5.69 Å². The fraction of sp³-hybridized carbons (Fsp3) is 0.130. The van der Waals surface area contributed by atoms with Crippen molar-refractivity contribution in [3.05, 3.63) is 87.8 Å². The number of hydrogen-bond acceptors (Lipinski definition) is 4. The summed E-state index contributed by atoms with van der Waals surface area (Å²) in [5, 5.41) is 1.88. The fourth-order valence-electron chi connectivity index (χ4n) is 3.38. The van der Waals surface area contributed by atoms with Gasteiger partial charge in [0.05, 0.1) is 13.4 Å². The van der Waals surface area contributed by atoms with Gasteiger partial charge in [0.15, 0.2) is 11.5 Å². The number of ether oxygens (including phenoxy) is 2. The Hall–Kier alpha value is -3.25. The van der Waals surface area contributed by atoms with Crippen molar-refractivity contribution in [3.8, 4) is 11.5 Å². The van der Waals surface area contributed by atoms with Gasteiger partial charge in [-0.15, -0.1) is 0 Å². The molecule has 0 aliphatic carbocycles. The van der Waals surface area contributed by atoms with Crippen LogP contribution in [0.1, 0.15) is 16.7 Å². The van der Waals surface area contributed by atoms with E-state index in [0.29, 0.717) is 23.8 Å². The molecule has 0 bridgehead atoms. The first-order valence-electron chi connectivity index (χ1n) is 9.12. The average Bonchev–Trinajstić information content (AvgIpc) is 2.87. The van der Waals surface area contributed by atoms with Crippen LogP contribution in [0.15, 0.2) is 60.7 Å². The number of nitrogens with one attached hydrogen (secondary N) is 1. The molecule has 3 aromatic rings. The Morgan fingerprint density at radius 2 is 1.90 bits per heavy atom. The summed E-state index contributed by atoms with van der Waals surface area (Å²) in [7, 11) is -1.71. The molecule has 3 aromatic carbocycles. The first-order valence-corrected chi connectivity index (χ1v) is 11.0. The standard InChI is InChI=1S/C23H21NO4S/c1-27-22-11-10-18(12-16-6-5-9-20(13-16)24-29(2,25)26)21-14-17-7-3-4-8-19(17)15-28-23(21)22/h3-14,24H,15H2,1-2H3/b18-12+. The predicted molar refractivity (Wildman–Crippen MR) is 115 cm³/mol. The van der Waals surface area contributed by atoms with Crippen molar-refractivity contribution in [1.82, 2.24) is 0 Å². The van der Waals surface area contributed by atoms with E-state index in [2.05, 4.69) is 16.9 Å². The number of fused-ring (bicyclic) bond motifs is 2. The molecule has 0 radical (unpaired) electrons. The highest BCUT2D eigenvalue weighted by Gasteiger charge is 2.13. The zero-order valence-corrected chi connectivity index (χ0v) is 17.0. The summed E-state index contributed by atoms with van der Waals surface area (Å²) in [6, 6.07) is 19.2. The van der Waals surface area contributed by atoms with Gasteiger partial charge in [-0.2, -0.15) is 0 Å². The van der Waals surface area contributed by atoms with E-state index >= 15 is 0 Å². The molecule has 0 aromatic heterocycles. The van der Waals surface area contributed by atoms with Gasteiger partial charge < -0.3 is 9.47 Å². The Morgan fingerprint density at radius 3 is 2.69 bits per heavy atom. The van der Waals surface area contributed by atoms with Crippen molar-refractivity contribution >= 4 is 27.9 Å². The van der Waals surface area contributed by atoms with Gasteiger partial charge in [-0.1, -0.05) is 42.5 Å². The Labute approximate surface area is 170 Å². The van der Waals surface area contributed by atoms with Crippen LogP contribution >= 0.6 is 0 Å². The van der Waals surface area contributed by atoms with Crippen LogP contribution in [-0.4, -0.2) is 21.8 Å². The summed E-state index contributed by atoms with van der Waals surface area (Å²) in [6.45, 7) is 0.466. The minimum Gasteiger partial charge on any atom is -0.493 e. The molecule has 29 heavy (non-hydrogen) atoms. The number of methoxy groups -OCH3 is 1. The molecule has 0 atom stereocenters.